The van der Waals surface area contributed by atoms with E-state index in [4.69, 9.17) is 21.1 Å². The van der Waals surface area contributed by atoms with Crippen LogP contribution in [0.25, 0.3) is 0 Å². The van der Waals surface area contributed by atoms with Gasteiger partial charge in [0.1, 0.15) is 6.79 Å². The molecule has 3 heteroatoms. The molecule has 16 heavy (non-hydrogen) atoms. The Bertz CT molecular complexity index is 149. The number of hydrogen-bond donors (Lipinski definition) is 0. The van der Waals surface area contributed by atoms with E-state index in [9.17, 15) is 0 Å². The molecule has 0 aliphatic carbocycles. The topological polar surface area (TPSA) is 18.5 Å². The highest BCUT2D eigenvalue weighted by Gasteiger charge is 1.89. The summed E-state index contributed by atoms with van der Waals surface area (Å²) in [6, 6.07) is 0. The summed E-state index contributed by atoms with van der Waals surface area (Å²) in [5.41, 5.74) is 0. The third-order valence-corrected chi connectivity index (χ3v) is 2.40. The Kier molecular flexibility index (Phi) is 14.9. The standard InChI is InChI=1S/C13H25ClO2/c1-2-3-4-8-11-15-13-16-12-9-6-5-7-10-14/h5-6H,2-4,7-13H2,1H3/b6-5-. The van der Waals surface area contributed by atoms with Gasteiger partial charge in [-0.05, 0) is 19.3 Å². The molecule has 0 saturated heterocycles. The van der Waals surface area contributed by atoms with Crippen LogP contribution in [0.15, 0.2) is 12.2 Å². The monoisotopic (exact) mass is 248 g/mol. The molecule has 2 nitrogen and oxygen atoms in total. The average Bonchev–Trinajstić information content (AvgIpc) is 2.31. The molecule has 0 rings (SSSR count). The predicted octanol–water partition coefficient (Wildman–Crippen LogP) is 4.13. The first-order chi connectivity index (χ1) is 7.91. The van der Waals surface area contributed by atoms with Crippen molar-refractivity contribution in [1.29, 1.82) is 0 Å². The zero-order valence-corrected chi connectivity index (χ0v) is 11.2. The van der Waals surface area contributed by atoms with Gasteiger partial charge in [-0.3, -0.25) is 0 Å². The minimum Gasteiger partial charge on any atom is -0.355 e. The molecular formula is C13H25ClO2. The number of alkyl halides is 1. The first-order valence-electron chi connectivity index (χ1n) is 6.28. The van der Waals surface area contributed by atoms with Gasteiger partial charge in [0.2, 0.25) is 0 Å². The van der Waals surface area contributed by atoms with Crippen molar-refractivity contribution in [2.24, 2.45) is 0 Å². The van der Waals surface area contributed by atoms with Crippen molar-refractivity contribution < 1.29 is 9.47 Å². The summed E-state index contributed by atoms with van der Waals surface area (Å²) in [5.74, 6) is 0.693. The van der Waals surface area contributed by atoms with Crippen LogP contribution >= 0.6 is 11.6 Å². The van der Waals surface area contributed by atoms with Gasteiger partial charge < -0.3 is 9.47 Å². The van der Waals surface area contributed by atoms with Crippen LogP contribution in [0.4, 0.5) is 0 Å². The molecular weight excluding hydrogens is 224 g/mol. The van der Waals surface area contributed by atoms with Gasteiger partial charge in [0.15, 0.2) is 0 Å². The second-order valence-corrected chi connectivity index (χ2v) is 4.11. The Morgan fingerprint density at radius 1 is 0.938 bits per heavy atom. The quantitative estimate of drug-likeness (QED) is 0.224. The van der Waals surface area contributed by atoms with Crippen LogP contribution in [0.3, 0.4) is 0 Å². The van der Waals surface area contributed by atoms with E-state index < -0.39 is 0 Å². The second-order valence-electron chi connectivity index (χ2n) is 3.73. The number of halogens is 1. The van der Waals surface area contributed by atoms with Crippen LogP contribution in [-0.4, -0.2) is 25.9 Å². The molecule has 0 fully saturated rings. The molecule has 0 saturated carbocycles. The van der Waals surface area contributed by atoms with Gasteiger partial charge in [-0.1, -0.05) is 38.3 Å². The van der Waals surface area contributed by atoms with E-state index in [0.29, 0.717) is 12.7 Å². The van der Waals surface area contributed by atoms with Crippen LogP contribution in [0.1, 0.15) is 45.4 Å². The van der Waals surface area contributed by atoms with Crippen molar-refractivity contribution in [3.63, 3.8) is 0 Å². The lowest BCUT2D eigenvalue weighted by molar-refractivity contribution is -0.0531. The van der Waals surface area contributed by atoms with E-state index in [2.05, 4.69) is 19.1 Å². The fraction of sp³-hybridized carbons (Fsp3) is 0.846. The van der Waals surface area contributed by atoms with E-state index in [1.165, 1.54) is 19.3 Å². The Morgan fingerprint density at radius 2 is 1.69 bits per heavy atom. The summed E-state index contributed by atoms with van der Waals surface area (Å²) in [6.07, 6.45) is 11.0. The Morgan fingerprint density at radius 3 is 2.44 bits per heavy atom. The third kappa shape index (κ3) is 13.9. The van der Waals surface area contributed by atoms with E-state index in [0.717, 1.165) is 32.5 Å². The van der Waals surface area contributed by atoms with Crippen LogP contribution in [0, 0.1) is 0 Å². The van der Waals surface area contributed by atoms with E-state index in [1.54, 1.807) is 0 Å². The molecule has 0 atom stereocenters. The van der Waals surface area contributed by atoms with Crippen molar-refractivity contribution in [2.45, 2.75) is 45.4 Å². The van der Waals surface area contributed by atoms with Gasteiger partial charge in [0.05, 0.1) is 6.61 Å². The van der Waals surface area contributed by atoms with E-state index in [-0.39, 0.29) is 0 Å². The predicted molar refractivity (Wildman–Crippen MR) is 70.0 cm³/mol. The molecule has 0 aromatic rings. The molecule has 0 heterocycles. The maximum Gasteiger partial charge on any atom is 0.146 e. The molecule has 0 spiro atoms. The smallest absolute Gasteiger partial charge is 0.146 e. The largest absolute Gasteiger partial charge is 0.355 e. The fourth-order valence-electron chi connectivity index (χ4n) is 1.26. The molecule has 0 amide bonds. The Hall–Kier alpha value is -0.0500. The van der Waals surface area contributed by atoms with Crippen molar-refractivity contribution in [1.82, 2.24) is 0 Å². The van der Waals surface area contributed by atoms with E-state index in [1.807, 2.05) is 0 Å². The molecule has 0 N–H and O–H groups in total. The van der Waals surface area contributed by atoms with Crippen LogP contribution in [0.5, 0.6) is 0 Å². The first kappa shape index (κ1) is 16.0. The number of rotatable bonds is 12. The van der Waals surface area contributed by atoms with Gasteiger partial charge in [-0.15, -0.1) is 11.6 Å². The lowest BCUT2D eigenvalue weighted by Gasteiger charge is -2.04. The van der Waals surface area contributed by atoms with E-state index >= 15 is 0 Å². The number of hydrogen-bond acceptors (Lipinski definition) is 2. The van der Waals surface area contributed by atoms with Gasteiger partial charge in [0, 0.05) is 12.5 Å². The third-order valence-electron chi connectivity index (χ3n) is 2.18. The molecule has 0 radical (unpaired) electrons. The zero-order chi connectivity index (χ0) is 11.9. The lowest BCUT2D eigenvalue weighted by Crippen LogP contribution is -2.02. The summed E-state index contributed by atoms with van der Waals surface area (Å²) in [6.45, 7) is 4.19. The summed E-state index contributed by atoms with van der Waals surface area (Å²) >= 11 is 5.53. The van der Waals surface area contributed by atoms with Gasteiger partial charge in [-0.25, -0.2) is 0 Å². The normalized spacial score (nSPS) is 11.4. The summed E-state index contributed by atoms with van der Waals surface area (Å²) in [4.78, 5) is 0. The SMILES string of the molecule is CCCCCCOCOCC/C=C\CCCl. The van der Waals surface area contributed by atoms with Crippen LogP contribution in [-0.2, 0) is 9.47 Å². The molecule has 0 unspecified atom stereocenters. The zero-order valence-electron chi connectivity index (χ0n) is 10.4. The minimum absolute atomic E-state index is 0.426. The second kappa shape index (κ2) is 14.9. The maximum atomic E-state index is 5.53. The summed E-state index contributed by atoms with van der Waals surface area (Å²) in [7, 11) is 0. The average molecular weight is 249 g/mol. The number of allylic oxidation sites excluding steroid dienone is 1. The molecule has 96 valence electrons. The molecule has 0 aliphatic rings. The van der Waals surface area contributed by atoms with Crippen LogP contribution < -0.4 is 0 Å². The number of unbranched alkanes of at least 4 members (excludes halogenated alkanes) is 3. The van der Waals surface area contributed by atoms with Gasteiger partial charge in [0.25, 0.3) is 0 Å². The fourth-order valence-corrected chi connectivity index (χ4v) is 1.38. The van der Waals surface area contributed by atoms with Crippen LogP contribution in [0.2, 0.25) is 0 Å². The Balaban J connectivity index is 2.93. The Labute approximate surface area is 105 Å². The lowest BCUT2D eigenvalue weighted by atomic mass is 10.2. The maximum absolute atomic E-state index is 5.53. The van der Waals surface area contributed by atoms with Crippen molar-refractivity contribution in [3.05, 3.63) is 12.2 Å². The molecule has 0 aliphatic heterocycles. The van der Waals surface area contributed by atoms with Crippen molar-refractivity contribution >= 4 is 11.6 Å². The number of ether oxygens (including phenoxy) is 2. The molecule has 0 aromatic carbocycles. The van der Waals surface area contributed by atoms with Gasteiger partial charge >= 0.3 is 0 Å². The van der Waals surface area contributed by atoms with Crippen molar-refractivity contribution in [3.8, 4) is 0 Å². The highest BCUT2D eigenvalue weighted by Crippen LogP contribution is 1.98. The molecule has 0 bridgehead atoms. The highest BCUT2D eigenvalue weighted by atomic mass is 35.5. The van der Waals surface area contributed by atoms with Crippen molar-refractivity contribution in [2.75, 3.05) is 25.9 Å². The first-order valence-corrected chi connectivity index (χ1v) is 6.81. The van der Waals surface area contributed by atoms with Gasteiger partial charge in [-0.2, -0.15) is 0 Å². The molecule has 0 aromatic heterocycles. The highest BCUT2D eigenvalue weighted by molar-refractivity contribution is 6.17. The summed E-state index contributed by atoms with van der Waals surface area (Å²) in [5, 5.41) is 0. The summed E-state index contributed by atoms with van der Waals surface area (Å²) < 4.78 is 10.7. The minimum atomic E-state index is 0.426.